The van der Waals surface area contributed by atoms with Crippen molar-refractivity contribution in [2.24, 2.45) is 0 Å². The van der Waals surface area contributed by atoms with Crippen LogP contribution in [0.15, 0.2) is 53.9 Å². The molecule has 4 heteroatoms. The van der Waals surface area contributed by atoms with Crippen molar-refractivity contribution in [2.75, 3.05) is 6.54 Å². The summed E-state index contributed by atoms with van der Waals surface area (Å²) in [5, 5.41) is 5.12. The van der Waals surface area contributed by atoms with E-state index in [1.54, 1.807) is 11.3 Å². The van der Waals surface area contributed by atoms with Gasteiger partial charge >= 0.3 is 0 Å². The summed E-state index contributed by atoms with van der Waals surface area (Å²) in [6, 6.07) is 16.4. The van der Waals surface area contributed by atoms with E-state index in [9.17, 15) is 4.79 Å². The number of rotatable bonds is 6. The zero-order valence-electron chi connectivity index (χ0n) is 14.1. The molecule has 24 heavy (non-hydrogen) atoms. The lowest BCUT2D eigenvalue weighted by Crippen LogP contribution is -2.26. The third-order valence-corrected chi connectivity index (χ3v) is 5.12. The highest BCUT2D eigenvalue weighted by Crippen LogP contribution is 2.19. The van der Waals surface area contributed by atoms with Crippen molar-refractivity contribution in [3.8, 4) is 0 Å². The van der Waals surface area contributed by atoms with Gasteiger partial charge in [0, 0.05) is 22.8 Å². The number of aryl methyl sites for hydroxylation is 1. The summed E-state index contributed by atoms with van der Waals surface area (Å²) >= 11 is 1.74. The van der Waals surface area contributed by atoms with Crippen molar-refractivity contribution in [1.82, 2.24) is 9.88 Å². The van der Waals surface area contributed by atoms with Gasteiger partial charge in [-0.3, -0.25) is 4.79 Å². The number of thiophene rings is 1. The van der Waals surface area contributed by atoms with Crippen molar-refractivity contribution < 1.29 is 4.79 Å². The summed E-state index contributed by atoms with van der Waals surface area (Å²) in [4.78, 5) is 13.8. The number of hydrogen-bond acceptors (Lipinski definition) is 2. The number of nitrogens with zero attached hydrogens (tertiary/aromatic N) is 1. The molecule has 0 fully saturated rings. The molecule has 0 saturated carbocycles. The topological polar surface area (TPSA) is 34.0 Å². The Morgan fingerprint density at radius 3 is 2.62 bits per heavy atom. The smallest absolute Gasteiger partial charge is 0.253 e. The Kier molecular flexibility index (Phi) is 5.16. The van der Waals surface area contributed by atoms with Crippen molar-refractivity contribution in [1.29, 1.82) is 0 Å². The molecule has 0 bridgehead atoms. The predicted molar refractivity (Wildman–Crippen MR) is 99.8 cm³/mol. The van der Waals surface area contributed by atoms with Crippen molar-refractivity contribution >= 4 is 17.2 Å². The first-order valence-electron chi connectivity index (χ1n) is 8.16. The average Bonchev–Trinajstić information content (AvgIpc) is 3.19. The fourth-order valence-electron chi connectivity index (χ4n) is 2.89. The Hall–Kier alpha value is -2.33. The van der Waals surface area contributed by atoms with Gasteiger partial charge in [0.2, 0.25) is 0 Å². The number of benzene rings is 1. The zero-order valence-corrected chi connectivity index (χ0v) is 14.9. The lowest BCUT2D eigenvalue weighted by atomic mass is 10.1. The highest BCUT2D eigenvalue weighted by atomic mass is 32.1. The molecule has 1 N–H and O–H groups in total. The lowest BCUT2D eigenvalue weighted by molar-refractivity contribution is 0.0953. The molecule has 0 aliphatic carbocycles. The molecule has 1 amide bonds. The van der Waals surface area contributed by atoms with E-state index >= 15 is 0 Å². The molecule has 0 atom stereocenters. The number of aromatic nitrogens is 1. The SMILES string of the molecule is Cc1cc(C(=O)NCCc2ccccc2)c(C)n1Cc1cccs1. The van der Waals surface area contributed by atoms with E-state index < -0.39 is 0 Å². The first-order valence-corrected chi connectivity index (χ1v) is 9.04. The van der Waals surface area contributed by atoms with Crippen LogP contribution in [0.2, 0.25) is 0 Å². The summed E-state index contributed by atoms with van der Waals surface area (Å²) in [5.41, 5.74) is 4.16. The third kappa shape index (κ3) is 3.77. The molecule has 3 aromatic rings. The van der Waals surface area contributed by atoms with E-state index in [4.69, 9.17) is 0 Å². The molecule has 3 nitrogen and oxygen atoms in total. The molecular weight excluding hydrogens is 316 g/mol. The molecule has 2 aromatic heterocycles. The molecule has 124 valence electrons. The Balaban J connectivity index is 1.64. The maximum absolute atomic E-state index is 12.5. The van der Waals surface area contributed by atoms with E-state index in [1.807, 2.05) is 31.2 Å². The first-order chi connectivity index (χ1) is 11.6. The van der Waals surface area contributed by atoms with Crippen LogP contribution >= 0.6 is 11.3 Å². The van der Waals surface area contributed by atoms with Crippen LogP contribution in [-0.2, 0) is 13.0 Å². The van der Waals surface area contributed by atoms with Gasteiger partial charge in [0.05, 0.1) is 12.1 Å². The largest absolute Gasteiger partial charge is 0.352 e. The van der Waals surface area contributed by atoms with Gasteiger partial charge in [0.25, 0.3) is 5.91 Å². The lowest BCUT2D eigenvalue weighted by Gasteiger charge is -2.09. The van der Waals surface area contributed by atoms with E-state index in [0.29, 0.717) is 6.54 Å². The minimum absolute atomic E-state index is 0.0106. The van der Waals surface area contributed by atoms with Gasteiger partial charge in [-0.25, -0.2) is 0 Å². The number of amides is 1. The molecule has 0 spiro atoms. The predicted octanol–water partition coefficient (Wildman–Crippen LogP) is 4.19. The molecule has 0 saturated heterocycles. The van der Waals surface area contributed by atoms with E-state index in [0.717, 1.165) is 29.9 Å². The Morgan fingerprint density at radius 1 is 1.12 bits per heavy atom. The molecule has 3 rings (SSSR count). The summed E-state index contributed by atoms with van der Waals surface area (Å²) in [6.07, 6.45) is 0.848. The summed E-state index contributed by atoms with van der Waals surface area (Å²) < 4.78 is 2.21. The molecule has 2 heterocycles. The average molecular weight is 338 g/mol. The Labute approximate surface area is 147 Å². The number of nitrogens with one attached hydrogen (secondary N) is 1. The zero-order chi connectivity index (χ0) is 16.9. The Bertz CT molecular complexity index is 804. The number of hydrogen-bond donors (Lipinski definition) is 1. The van der Waals surface area contributed by atoms with Crippen LogP contribution in [0.4, 0.5) is 0 Å². The highest BCUT2D eigenvalue weighted by Gasteiger charge is 2.15. The molecule has 0 aliphatic heterocycles. The van der Waals surface area contributed by atoms with Gasteiger partial charge < -0.3 is 9.88 Å². The minimum Gasteiger partial charge on any atom is -0.352 e. The fourth-order valence-corrected chi connectivity index (χ4v) is 3.59. The maximum atomic E-state index is 12.5. The monoisotopic (exact) mass is 338 g/mol. The minimum atomic E-state index is 0.0106. The third-order valence-electron chi connectivity index (χ3n) is 4.25. The van der Waals surface area contributed by atoms with Gasteiger partial charge in [-0.05, 0) is 43.3 Å². The summed E-state index contributed by atoms with van der Waals surface area (Å²) in [5.74, 6) is 0.0106. The van der Waals surface area contributed by atoms with Crippen LogP contribution < -0.4 is 5.32 Å². The fraction of sp³-hybridized carbons (Fsp3) is 0.250. The first kappa shape index (κ1) is 16.5. The van der Waals surface area contributed by atoms with Gasteiger partial charge in [-0.1, -0.05) is 36.4 Å². The second-order valence-electron chi connectivity index (χ2n) is 5.94. The van der Waals surface area contributed by atoms with Crippen LogP contribution in [0.5, 0.6) is 0 Å². The molecule has 1 aromatic carbocycles. The molecule has 0 unspecified atom stereocenters. The van der Waals surface area contributed by atoms with Crippen LogP contribution in [0.1, 0.15) is 32.2 Å². The number of carbonyl (C=O) groups excluding carboxylic acids is 1. The highest BCUT2D eigenvalue weighted by molar-refractivity contribution is 7.09. The molecule has 0 radical (unpaired) electrons. The second-order valence-corrected chi connectivity index (χ2v) is 6.97. The second kappa shape index (κ2) is 7.49. The summed E-state index contributed by atoms with van der Waals surface area (Å²) in [7, 11) is 0. The quantitative estimate of drug-likeness (QED) is 0.718. The maximum Gasteiger partial charge on any atom is 0.253 e. The van der Waals surface area contributed by atoms with Crippen molar-refractivity contribution in [3.05, 3.63) is 81.3 Å². The van der Waals surface area contributed by atoms with Crippen LogP contribution in [0, 0.1) is 13.8 Å². The van der Waals surface area contributed by atoms with Crippen molar-refractivity contribution in [2.45, 2.75) is 26.8 Å². The molecule has 0 aliphatic rings. The van der Waals surface area contributed by atoms with Gasteiger partial charge in [-0.15, -0.1) is 11.3 Å². The van der Waals surface area contributed by atoms with Crippen LogP contribution in [0.3, 0.4) is 0 Å². The van der Waals surface area contributed by atoms with Gasteiger partial charge in [-0.2, -0.15) is 0 Å². The van der Waals surface area contributed by atoms with E-state index in [2.05, 4.69) is 46.5 Å². The van der Waals surface area contributed by atoms with E-state index in [1.165, 1.54) is 10.4 Å². The van der Waals surface area contributed by atoms with Crippen molar-refractivity contribution in [3.63, 3.8) is 0 Å². The standard InChI is InChI=1S/C20H22N2OS/c1-15-13-19(16(2)22(15)14-18-9-6-12-24-18)20(23)21-11-10-17-7-4-3-5-8-17/h3-9,12-13H,10-11,14H2,1-2H3,(H,21,23). The van der Waals surface area contributed by atoms with Gasteiger partial charge in [0.15, 0.2) is 0 Å². The van der Waals surface area contributed by atoms with E-state index in [-0.39, 0.29) is 5.91 Å². The summed E-state index contributed by atoms with van der Waals surface area (Å²) in [6.45, 7) is 5.55. The normalized spacial score (nSPS) is 10.8. The van der Waals surface area contributed by atoms with Crippen LogP contribution in [0.25, 0.3) is 0 Å². The molecular formula is C20H22N2OS. The number of carbonyl (C=O) groups is 1. The Morgan fingerprint density at radius 2 is 1.92 bits per heavy atom. The van der Waals surface area contributed by atoms with Gasteiger partial charge in [0.1, 0.15) is 0 Å². The van der Waals surface area contributed by atoms with Crippen LogP contribution in [-0.4, -0.2) is 17.0 Å².